The number of carbonyl (C=O) groups excluding carboxylic acids is 2. The first-order valence-corrected chi connectivity index (χ1v) is 8.86. The molecular formula is C16H15F3N6O2S. The van der Waals surface area contributed by atoms with E-state index in [1.165, 1.54) is 26.1 Å². The molecule has 0 spiro atoms. The molecular weight excluding hydrogens is 397 g/mol. The molecule has 148 valence electrons. The molecule has 2 amide bonds. The van der Waals surface area contributed by atoms with Gasteiger partial charge in [0.1, 0.15) is 5.69 Å². The van der Waals surface area contributed by atoms with E-state index in [2.05, 4.69) is 20.4 Å². The number of primary amides is 1. The van der Waals surface area contributed by atoms with Crippen molar-refractivity contribution < 1.29 is 22.8 Å². The number of thiazole rings is 1. The summed E-state index contributed by atoms with van der Waals surface area (Å²) >= 11 is 1.03. The van der Waals surface area contributed by atoms with Gasteiger partial charge in [0, 0.05) is 23.2 Å². The van der Waals surface area contributed by atoms with Crippen molar-refractivity contribution in [2.75, 3.05) is 5.32 Å². The van der Waals surface area contributed by atoms with E-state index in [1.807, 2.05) is 0 Å². The SMILES string of the molecule is CC(C)n1ncc(C(=O)Nc2nc(-c3c[nH]c(C(N)=O)c3)cs2)c1C(F)(F)F. The Labute approximate surface area is 160 Å². The van der Waals surface area contributed by atoms with E-state index in [9.17, 15) is 22.8 Å². The van der Waals surface area contributed by atoms with Crippen molar-refractivity contribution in [2.24, 2.45) is 5.73 Å². The Morgan fingerprint density at radius 2 is 2.07 bits per heavy atom. The van der Waals surface area contributed by atoms with Crippen LogP contribution < -0.4 is 11.1 Å². The minimum absolute atomic E-state index is 0.104. The van der Waals surface area contributed by atoms with E-state index in [0.29, 0.717) is 11.3 Å². The molecule has 0 aromatic carbocycles. The summed E-state index contributed by atoms with van der Waals surface area (Å²) in [5, 5.41) is 7.74. The highest BCUT2D eigenvalue weighted by Gasteiger charge is 2.40. The number of nitrogens with one attached hydrogen (secondary N) is 2. The van der Waals surface area contributed by atoms with E-state index < -0.39 is 35.3 Å². The van der Waals surface area contributed by atoms with Gasteiger partial charge < -0.3 is 10.7 Å². The van der Waals surface area contributed by atoms with E-state index >= 15 is 0 Å². The molecule has 0 radical (unpaired) electrons. The number of H-pyrrole nitrogens is 1. The number of anilines is 1. The zero-order valence-corrected chi connectivity index (χ0v) is 15.5. The number of hydrogen-bond donors (Lipinski definition) is 3. The van der Waals surface area contributed by atoms with Crippen LogP contribution in [0, 0.1) is 0 Å². The van der Waals surface area contributed by atoms with Crippen LogP contribution in [0.4, 0.5) is 18.3 Å². The molecule has 0 fully saturated rings. The predicted octanol–water partition coefficient (Wildman–Crippen LogP) is 3.29. The molecule has 3 aromatic rings. The second-order valence-electron chi connectivity index (χ2n) is 6.10. The third kappa shape index (κ3) is 3.76. The standard InChI is InChI=1S/C16H15F3N6O2S/c1-7(2)25-12(16(17,18)19)9(5-22-25)14(27)24-15-23-11(6-28-15)8-3-10(13(20)26)21-4-8/h3-7,21H,1-2H3,(H2,20,26)(H,23,24,27). The molecule has 0 unspecified atom stereocenters. The summed E-state index contributed by atoms with van der Waals surface area (Å²) < 4.78 is 41.0. The lowest BCUT2D eigenvalue weighted by Crippen LogP contribution is -2.22. The zero-order chi connectivity index (χ0) is 20.6. The van der Waals surface area contributed by atoms with Gasteiger partial charge in [0.15, 0.2) is 10.8 Å². The summed E-state index contributed by atoms with van der Waals surface area (Å²) in [5.41, 5.74) is 4.63. The quantitative estimate of drug-likeness (QED) is 0.596. The van der Waals surface area contributed by atoms with Crippen LogP contribution in [-0.2, 0) is 6.18 Å². The Morgan fingerprint density at radius 1 is 1.36 bits per heavy atom. The van der Waals surface area contributed by atoms with Crippen molar-refractivity contribution in [3.63, 3.8) is 0 Å². The summed E-state index contributed by atoms with van der Waals surface area (Å²) in [6.45, 7) is 3.07. The highest BCUT2D eigenvalue weighted by atomic mass is 32.1. The van der Waals surface area contributed by atoms with Gasteiger partial charge in [0.05, 0.1) is 17.5 Å². The van der Waals surface area contributed by atoms with Gasteiger partial charge >= 0.3 is 6.18 Å². The minimum Gasteiger partial charge on any atom is -0.364 e. The lowest BCUT2D eigenvalue weighted by atomic mass is 10.2. The second kappa shape index (κ2) is 7.11. The van der Waals surface area contributed by atoms with Gasteiger partial charge in [-0.3, -0.25) is 19.6 Å². The number of alkyl halides is 3. The number of rotatable bonds is 5. The van der Waals surface area contributed by atoms with Gasteiger partial charge in [-0.15, -0.1) is 11.3 Å². The number of amides is 2. The molecule has 3 heterocycles. The average molecular weight is 412 g/mol. The van der Waals surface area contributed by atoms with Crippen LogP contribution in [0.1, 0.15) is 46.4 Å². The number of nitrogens with zero attached hydrogens (tertiary/aromatic N) is 3. The maximum atomic E-state index is 13.4. The third-order valence-corrected chi connectivity index (χ3v) is 4.52. The number of aromatic amines is 1. The molecule has 0 bridgehead atoms. The monoisotopic (exact) mass is 412 g/mol. The van der Waals surface area contributed by atoms with Gasteiger partial charge in [-0.2, -0.15) is 18.3 Å². The first-order valence-electron chi connectivity index (χ1n) is 7.98. The summed E-state index contributed by atoms with van der Waals surface area (Å²) in [6.07, 6.45) is -2.34. The van der Waals surface area contributed by atoms with Gasteiger partial charge in [0.25, 0.3) is 11.8 Å². The topological polar surface area (TPSA) is 119 Å². The minimum atomic E-state index is -4.74. The summed E-state index contributed by atoms with van der Waals surface area (Å²) in [5.74, 6) is -1.61. The van der Waals surface area contributed by atoms with Crippen molar-refractivity contribution in [1.82, 2.24) is 19.7 Å². The Hall–Kier alpha value is -3.15. The average Bonchev–Trinajstić information content (AvgIpc) is 3.32. The summed E-state index contributed by atoms with van der Waals surface area (Å²) in [7, 11) is 0. The maximum absolute atomic E-state index is 13.4. The Kier molecular flexibility index (Phi) is 4.98. The van der Waals surface area contributed by atoms with E-state index in [0.717, 1.165) is 22.2 Å². The van der Waals surface area contributed by atoms with Gasteiger partial charge in [0.2, 0.25) is 0 Å². The van der Waals surface area contributed by atoms with Crippen molar-refractivity contribution in [3.8, 4) is 11.3 Å². The normalized spacial score (nSPS) is 11.8. The van der Waals surface area contributed by atoms with Crippen molar-refractivity contribution in [3.05, 3.63) is 40.8 Å². The second-order valence-corrected chi connectivity index (χ2v) is 6.96. The Balaban J connectivity index is 1.85. The van der Waals surface area contributed by atoms with Gasteiger partial charge in [-0.25, -0.2) is 4.98 Å². The summed E-state index contributed by atoms with van der Waals surface area (Å²) in [6, 6.07) is 0.912. The van der Waals surface area contributed by atoms with Crippen LogP contribution >= 0.6 is 11.3 Å². The molecule has 8 nitrogen and oxygen atoms in total. The number of carbonyl (C=O) groups is 2. The van der Waals surface area contributed by atoms with Crippen LogP contribution in [0.5, 0.6) is 0 Å². The maximum Gasteiger partial charge on any atom is 0.433 e. The smallest absolute Gasteiger partial charge is 0.364 e. The largest absolute Gasteiger partial charge is 0.433 e. The Bertz CT molecular complexity index is 1030. The van der Waals surface area contributed by atoms with Crippen molar-refractivity contribution in [2.45, 2.75) is 26.1 Å². The number of hydrogen-bond acceptors (Lipinski definition) is 5. The molecule has 0 atom stereocenters. The molecule has 12 heteroatoms. The van der Waals surface area contributed by atoms with E-state index in [-0.39, 0.29) is 10.8 Å². The van der Waals surface area contributed by atoms with Crippen molar-refractivity contribution >= 4 is 28.3 Å². The van der Waals surface area contributed by atoms with Gasteiger partial charge in [-0.1, -0.05) is 0 Å². The third-order valence-electron chi connectivity index (χ3n) is 3.77. The molecule has 0 aliphatic carbocycles. The number of aromatic nitrogens is 4. The molecule has 28 heavy (non-hydrogen) atoms. The molecule has 4 N–H and O–H groups in total. The molecule has 0 saturated heterocycles. The molecule has 3 rings (SSSR count). The van der Waals surface area contributed by atoms with Gasteiger partial charge in [-0.05, 0) is 19.9 Å². The van der Waals surface area contributed by atoms with Crippen LogP contribution in [0.25, 0.3) is 11.3 Å². The number of nitrogens with two attached hydrogens (primary N) is 1. The fourth-order valence-corrected chi connectivity index (χ4v) is 3.23. The molecule has 0 saturated carbocycles. The fraction of sp³-hybridized carbons (Fsp3) is 0.250. The Morgan fingerprint density at radius 3 is 2.64 bits per heavy atom. The molecule has 0 aliphatic heterocycles. The first-order chi connectivity index (χ1) is 13.1. The molecule has 0 aliphatic rings. The first kappa shape index (κ1) is 19.6. The highest BCUT2D eigenvalue weighted by molar-refractivity contribution is 7.14. The lowest BCUT2D eigenvalue weighted by molar-refractivity contribution is -0.145. The van der Waals surface area contributed by atoms with E-state index in [4.69, 9.17) is 5.73 Å². The van der Waals surface area contributed by atoms with Crippen LogP contribution in [0.15, 0.2) is 23.8 Å². The molecule has 3 aromatic heterocycles. The van der Waals surface area contributed by atoms with Crippen LogP contribution in [0.2, 0.25) is 0 Å². The number of halogens is 3. The predicted molar refractivity (Wildman–Crippen MR) is 96.0 cm³/mol. The summed E-state index contributed by atoms with van der Waals surface area (Å²) in [4.78, 5) is 30.4. The zero-order valence-electron chi connectivity index (χ0n) is 14.7. The van der Waals surface area contributed by atoms with E-state index in [1.54, 1.807) is 5.38 Å². The van der Waals surface area contributed by atoms with Crippen LogP contribution in [0.3, 0.4) is 0 Å². The highest BCUT2D eigenvalue weighted by Crippen LogP contribution is 2.34. The fourth-order valence-electron chi connectivity index (χ4n) is 2.52. The van der Waals surface area contributed by atoms with Crippen LogP contribution in [-0.4, -0.2) is 31.6 Å². The van der Waals surface area contributed by atoms with Crippen molar-refractivity contribution in [1.29, 1.82) is 0 Å². The lowest BCUT2D eigenvalue weighted by Gasteiger charge is -2.14.